The molecule has 1 saturated carbocycles. The van der Waals surface area contributed by atoms with Crippen molar-refractivity contribution in [3.63, 3.8) is 0 Å². The van der Waals surface area contributed by atoms with E-state index in [1.807, 2.05) is 62.3 Å². The quantitative estimate of drug-likeness (QED) is 0.111. The SMILES string of the molecule is C=CCNC(=O)C(=O)C(NC(=O)[C@@H]1C[C@@H](C(C)C)CN1C(=O)[C@@H](NC(=O)N[C@H](CN(C)c1c(C(C)(C)C)c(=O)c1=O)C(C)(C)C)C1CCCCC1)SCC. The number of carbonyl (C=O) groups excluding carboxylic acids is 5. The molecule has 5 atom stereocenters. The van der Waals surface area contributed by atoms with Gasteiger partial charge in [-0.15, -0.1) is 18.3 Å². The van der Waals surface area contributed by atoms with Gasteiger partial charge < -0.3 is 31.1 Å². The maximum absolute atomic E-state index is 14.7. The third-order valence-electron chi connectivity index (χ3n) is 10.8. The van der Waals surface area contributed by atoms with Crippen molar-refractivity contribution in [3.05, 3.63) is 38.7 Å². The molecule has 0 spiro atoms. The van der Waals surface area contributed by atoms with Crippen molar-refractivity contribution >= 4 is 47.0 Å². The number of ketones is 1. The zero-order valence-corrected chi connectivity index (χ0v) is 34.9. The lowest BCUT2D eigenvalue weighted by Crippen LogP contribution is -2.61. The molecule has 0 radical (unpaired) electrons. The van der Waals surface area contributed by atoms with Crippen LogP contribution in [-0.4, -0.2) is 90.4 Å². The number of hydrogen-bond acceptors (Lipinski definition) is 9. The van der Waals surface area contributed by atoms with E-state index in [1.54, 1.807) is 16.8 Å². The number of hydrogen-bond donors (Lipinski definition) is 4. The van der Waals surface area contributed by atoms with E-state index >= 15 is 0 Å². The summed E-state index contributed by atoms with van der Waals surface area (Å²) >= 11 is 1.13. The van der Waals surface area contributed by atoms with Crippen molar-refractivity contribution in [2.24, 2.45) is 23.2 Å². The summed E-state index contributed by atoms with van der Waals surface area (Å²) in [7, 11) is 1.74. The van der Waals surface area contributed by atoms with Gasteiger partial charge >= 0.3 is 6.03 Å². The van der Waals surface area contributed by atoms with Gasteiger partial charge in [0.15, 0.2) is 0 Å². The van der Waals surface area contributed by atoms with Gasteiger partial charge in [0.25, 0.3) is 11.7 Å². The van der Waals surface area contributed by atoms with Crippen LogP contribution in [0.4, 0.5) is 10.5 Å². The summed E-state index contributed by atoms with van der Waals surface area (Å²) in [6, 6.07) is -2.82. The predicted octanol–water partition coefficient (Wildman–Crippen LogP) is 3.62. The highest BCUT2D eigenvalue weighted by atomic mass is 32.2. The van der Waals surface area contributed by atoms with Crippen LogP contribution in [0.2, 0.25) is 0 Å². The number of nitrogens with one attached hydrogen (secondary N) is 4. The second-order valence-corrected chi connectivity index (χ2v) is 18.8. The summed E-state index contributed by atoms with van der Waals surface area (Å²) in [5, 5.41) is 10.2. The molecule has 2 fully saturated rings. The minimum absolute atomic E-state index is 0.00334. The van der Waals surface area contributed by atoms with Gasteiger partial charge in [0.1, 0.15) is 17.5 Å². The molecule has 14 heteroatoms. The lowest BCUT2D eigenvalue weighted by Gasteiger charge is -2.38. The van der Waals surface area contributed by atoms with Gasteiger partial charge in [-0.25, -0.2) is 4.79 Å². The number of rotatable bonds is 16. The van der Waals surface area contributed by atoms with E-state index in [4.69, 9.17) is 0 Å². The van der Waals surface area contributed by atoms with Crippen molar-refractivity contribution in [1.29, 1.82) is 0 Å². The fourth-order valence-electron chi connectivity index (χ4n) is 7.50. The Morgan fingerprint density at radius 2 is 1.57 bits per heavy atom. The molecule has 1 aliphatic heterocycles. The number of anilines is 1. The monoisotopic (exact) mass is 772 g/mol. The Kier molecular flexibility index (Phi) is 15.5. The van der Waals surface area contributed by atoms with Gasteiger partial charge in [0.05, 0.1) is 11.7 Å². The first kappa shape index (κ1) is 44.7. The molecule has 0 aromatic heterocycles. The average Bonchev–Trinajstić information content (AvgIpc) is 3.56. The van der Waals surface area contributed by atoms with E-state index in [0.29, 0.717) is 30.0 Å². The van der Waals surface area contributed by atoms with E-state index in [-0.39, 0.29) is 36.8 Å². The average molecular weight is 773 g/mol. The van der Waals surface area contributed by atoms with E-state index < -0.39 is 68.8 Å². The first-order valence-electron chi connectivity index (χ1n) is 19.4. The Morgan fingerprint density at radius 3 is 2.11 bits per heavy atom. The molecule has 0 bridgehead atoms. The summed E-state index contributed by atoms with van der Waals surface area (Å²) < 4.78 is 0. The van der Waals surface area contributed by atoms with Crippen molar-refractivity contribution in [3.8, 4) is 0 Å². The minimum Gasteiger partial charge on any atom is -0.369 e. The van der Waals surface area contributed by atoms with E-state index in [9.17, 15) is 33.6 Å². The molecule has 302 valence electrons. The zero-order chi connectivity index (χ0) is 40.7. The number of carbonyl (C=O) groups is 5. The van der Waals surface area contributed by atoms with Crippen LogP contribution in [0.3, 0.4) is 0 Å². The maximum Gasteiger partial charge on any atom is 0.315 e. The third kappa shape index (κ3) is 11.0. The summed E-state index contributed by atoms with van der Waals surface area (Å²) in [6.45, 7) is 21.7. The molecule has 2 aliphatic rings. The summed E-state index contributed by atoms with van der Waals surface area (Å²) in [4.78, 5) is 96.7. The van der Waals surface area contributed by atoms with E-state index in [2.05, 4.69) is 27.8 Å². The topological polar surface area (TPSA) is 174 Å². The van der Waals surface area contributed by atoms with Gasteiger partial charge in [-0.1, -0.05) is 87.7 Å². The number of likely N-dealkylation sites (N-methyl/N-ethyl adjacent to an activating group) is 1. The van der Waals surface area contributed by atoms with Crippen LogP contribution in [0.1, 0.15) is 106 Å². The van der Waals surface area contributed by atoms with Crippen molar-refractivity contribution in [2.75, 3.05) is 37.3 Å². The molecule has 13 nitrogen and oxygen atoms in total. The Bertz CT molecular complexity index is 1600. The Morgan fingerprint density at radius 1 is 0.944 bits per heavy atom. The summed E-state index contributed by atoms with van der Waals surface area (Å²) in [6.07, 6.45) is 6.18. The van der Waals surface area contributed by atoms with Gasteiger partial charge in [-0.05, 0) is 53.6 Å². The lowest BCUT2D eigenvalue weighted by atomic mass is 9.81. The molecule has 1 aliphatic carbocycles. The van der Waals surface area contributed by atoms with Crippen LogP contribution in [0.25, 0.3) is 0 Å². The van der Waals surface area contributed by atoms with Gasteiger partial charge in [-0.3, -0.25) is 28.8 Å². The van der Waals surface area contributed by atoms with Gasteiger partial charge in [-0.2, -0.15) is 0 Å². The van der Waals surface area contributed by atoms with Crippen LogP contribution >= 0.6 is 11.8 Å². The first-order chi connectivity index (χ1) is 25.1. The molecule has 1 aromatic carbocycles. The maximum atomic E-state index is 14.7. The number of likely N-dealkylation sites (tertiary alicyclic amines) is 1. The molecule has 5 amide bonds. The zero-order valence-electron chi connectivity index (χ0n) is 34.1. The number of amides is 5. The largest absolute Gasteiger partial charge is 0.369 e. The molecule has 1 unspecified atom stereocenters. The smallest absolute Gasteiger partial charge is 0.315 e. The number of thioether (sulfide) groups is 1. The molecular formula is C40H64N6O7S. The fraction of sp³-hybridized carbons (Fsp3) is 0.725. The number of nitrogens with zero attached hydrogens (tertiary/aromatic N) is 2. The number of Topliss-reactive ketones (excluding diaryl/α,β-unsaturated/α-hetero) is 1. The van der Waals surface area contributed by atoms with Crippen LogP contribution < -0.4 is 37.0 Å². The highest BCUT2D eigenvalue weighted by Gasteiger charge is 2.46. The Balaban J connectivity index is 1.88. The Labute approximate surface area is 325 Å². The minimum atomic E-state index is -1.13. The van der Waals surface area contributed by atoms with Crippen molar-refractivity contribution in [1.82, 2.24) is 26.2 Å². The molecule has 1 heterocycles. The second kappa shape index (κ2) is 18.8. The first-order valence-corrected chi connectivity index (χ1v) is 20.5. The second-order valence-electron chi connectivity index (χ2n) is 17.4. The number of urea groups is 1. The van der Waals surface area contributed by atoms with Crippen LogP contribution in [-0.2, 0) is 24.6 Å². The van der Waals surface area contributed by atoms with E-state index in [0.717, 1.165) is 43.9 Å². The highest BCUT2D eigenvalue weighted by Crippen LogP contribution is 2.34. The van der Waals surface area contributed by atoms with Crippen LogP contribution in [0.5, 0.6) is 0 Å². The summed E-state index contributed by atoms with van der Waals surface area (Å²) in [5.74, 6) is -2.00. The molecule has 3 rings (SSSR count). The van der Waals surface area contributed by atoms with E-state index in [1.165, 1.54) is 6.08 Å². The van der Waals surface area contributed by atoms with Gasteiger partial charge in [0, 0.05) is 32.2 Å². The Hall–Kier alpha value is -3.68. The van der Waals surface area contributed by atoms with Crippen molar-refractivity contribution in [2.45, 2.75) is 130 Å². The third-order valence-corrected chi connectivity index (χ3v) is 11.8. The predicted molar refractivity (Wildman–Crippen MR) is 215 cm³/mol. The van der Waals surface area contributed by atoms with Crippen LogP contribution in [0, 0.1) is 23.2 Å². The lowest BCUT2D eigenvalue weighted by molar-refractivity contribution is -0.142. The standard InChI is InChI=1S/C40H64N6O7S/c1-12-19-41-35(51)33(49)36(54-13-2)44-34(50)26-20-25(23(3)4)21-46(26)37(52)29(24-17-15-14-16-18-24)43-38(53)42-27(39(5,6)7)22-45(11)30-28(40(8,9)10)31(47)32(30)48/h12,23-27,29,36H,1,13-22H2,2-11H3,(H,41,51)(H,44,50)(H2,42,43,53)/t25-,26+,27-,29+,36?/m1/s1. The molecule has 1 aromatic rings. The molecule has 4 N–H and O–H groups in total. The normalized spacial score (nSPS) is 19.9. The molecular weight excluding hydrogens is 709 g/mol. The fourth-order valence-corrected chi connectivity index (χ4v) is 8.29. The van der Waals surface area contributed by atoms with Crippen molar-refractivity contribution < 1.29 is 24.0 Å². The highest BCUT2D eigenvalue weighted by molar-refractivity contribution is 8.00. The molecule has 1 saturated heterocycles. The summed E-state index contributed by atoms with van der Waals surface area (Å²) in [5.41, 5.74) is -1.18. The van der Waals surface area contributed by atoms with Crippen LogP contribution in [0.15, 0.2) is 22.2 Å². The van der Waals surface area contributed by atoms with Gasteiger partial charge in [0.2, 0.25) is 22.7 Å². The molecule has 54 heavy (non-hydrogen) atoms.